The van der Waals surface area contributed by atoms with Crippen molar-refractivity contribution in [1.82, 2.24) is 4.98 Å². The number of ether oxygens (including phenoxy) is 1. The third kappa shape index (κ3) is 2.44. The molecule has 0 fully saturated rings. The molecule has 2 N–H and O–H groups in total. The number of fused-ring (bicyclic) bond motifs is 1. The molecule has 0 radical (unpaired) electrons. The van der Waals surface area contributed by atoms with Crippen LogP contribution in [0.1, 0.15) is 5.56 Å². The fraction of sp³-hybridized carbons (Fsp3) is 0.357. The minimum Gasteiger partial charge on any atom is -0.383 e. The second-order valence-electron chi connectivity index (χ2n) is 4.27. The van der Waals surface area contributed by atoms with E-state index >= 15 is 0 Å². The molecule has 2 rings (SSSR count). The molecule has 0 saturated carbocycles. The number of anilines is 1. The standard InChI is InChI=1S/C14H19N3O/c1-17(7-8-18-2)14-13-6-4-3-5-12(13)11(9-15)10-16-14/h3-6,10H,7-9,15H2,1-2H3. The topological polar surface area (TPSA) is 51.4 Å². The Morgan fingerprint density at radius 3 is 2.67 bits per heavy atom. The zero-order chi connectivity index (χ0) is 13.0. The molecule has 1 aromatic carbocycles. The van der Waals surface area contributed by atoms with Crippen LogP contribution in [0.2, 0.25) is 0 Å². The van der Waals surface area contributed by atoms with Crippen molar-refractivity contribution in [2.24, 2.45) is 5.73 Å². The fourth-order valence-electron chi connectivity index (χ4n) is 2.04. The first kappa shape index (κ1) is 12.8. The van der Waals surface area contributed by atoms with E-state index in [0.29, 0.717) is 13.2 Å². The average Bonchev–Trinajstić information content (AvgIpc) is 2.43. The summed E-state index contributed by atoms with van der Waals surface area (Å²) in [6.45, 7) is 2.01. The van der Waals surface area contributed by atoms with Gasteiger partial charge in [-0.3, -0.25) is 0 Å². The molecule has 0 unspecified atom stereocenters. The summed E-state index contributed by atoms with van der Waals surface area (Å²) >= 11 is 0. The molecule has 0 bridgehead atoms. The number of hydrogen-bond acceptors (Lipinski definition) is 4. The van der Waals surface area contributed by atoms with Crippen LogP contribution in [-0.4, -0.2) is 32.3 Å². The molecule has 96 valence electrons. The van der Waals surface area contributed by atoms with Gasteiger partial charge >= 0.3 is 0 Å². The Bertz CT molecular complexity index is 527. The Labute approximate surface area is 107 Å². The molecule has 0 aliphatic heterocycles. The van der Waals surface area contributed by atoms with Crippen LogP contribution in [0.4, 0.5) is 5.82 Å². The van der Waals surface area contributed by atoms with Gasteiger partial charge in [-0.2, -0.15) is 0 Å². The van der Waals surface area contributed by atoms with E-state index in [2.05, 4.69) is 22.0 Å². The first-order valence-electron chi connectivity index (χ1n) is 6.04. The number of aromatic nitrogens is 1. The number of hydrogen-bond donors (Lipinski definition) is 1. The van der Waals surface area contributed by atoms with Crippen LogP contribution in [0.3, 0.4) is 0 Å². The SMILES string of the molecule is COCCN(C)c1ncc(CN)c2ccccc12. The lowest BCUT2D eigenvalue weighted by Gasteiger charge is -2.20. The summed E-state index contributed by atoms with van der Waals surface area (Å²) in [4.78, 5) is 6.62. The quantitative estimate of drug-likeness (QED) is 0.872. The van der Waals surface area contributed by atoms with E-state index in [1.807, 2.05) is 25.4 Å². The van der Waals surface area contributed by atoms with Gasteiger partial charge < -0.3 is 15.4 Å². The Hall–Kier alpha value is -1.65. The third-order valence-corrected chi connectivity index (χ3v) is 3.07. The van der Waals surface area contributed by atoms with Gasteiger partial charge in [0.2, 0.25) is 0 Å². The Morgan fingerprint density at radius 1 is 1.28 bits per heavy atom. The number of pyridine rings is 1. The minimum absolute atomic E-state index is 0.510. The van der Waals surface area contributed by atoms with Gasteiger partial charge in [0.25, 0.3) is 0 Å². The molecule has 1 heterocycles. The van der Waals surface area contributed by atoms with Crippen molar-refractivity contribution in [3.05, 3.63) is 36.0 Å². The number of methoxy groups -OCH3 is 1. The first-order chi connectivity index (χ1) is 8.77. The maximum atomic E-state index is 5.75. The second-order valence-corrected chi connectivity index (χ2v) is 4.27. The van der Waals surface area contributed by atoms with Crippen LogP contribution in [0.25, 0.3) is 10.8 Å². The van der Waals surface area contributed by atoms with Crippen molar-refractivity contribution in [3.8, 4) is 0 Å². The van der Waals surface area contributed by atoms with Gasteiger partial charge in [-0.25, -0.2) is 4.98 Å². The molecule has 0 aliphatic carbocycles. The zero-order valence-electron chi connectivity index (χ0n) is 10.9. The molecule has 0 atom stereocenters. The van der Waals surface area contributed by atoms with Crippen LogP contribution in [0.5, 0.6) is 0 Å². The van der Waals surface area contributed by atoms with Crippen molar-refractivity contribution in [2.75, 3.05) is 32.2 Å². The normalized spacial score (nSPS) is 10.8. The maximum absolute atomic E-state index is 5.75. The summed E-state index contributed by atoms with van der Waals surface area (Å²) in [5.41, 5.74) is 6.83. The van der Waals surface area contributed by atoms with Crippen molar-refractivity contribution < 1.29 is 4.74 Å². The number of likely N-dealkylation sites (N-methyl/N-ethyl adjacent to an activating group) is 1. The van der Waals surface area contributed by atoms with Crippen molar-refractivity contribution >= 4 is 16.6 Å². The zero-order valence-corrected chi connectivity index (χ0v) is 10.9. The average molecular weight is 245 g/mol. The molecule has 4 heteroatoms. The summed E-state index contributed by atoms with van der Waals surface area (Å²) in [5.74, 6) is 0.972. The van der Waals surface area contributed by atoms with Gasteiger partial charge in [0.15, 0.2) is 0 Å². The van der Waals surface area contributed by atoms with Gasteiger partial charge in [0.05, 0.1) is 6.61 Å². The van der Waals surface area contributed by atoms with Gasteiger partial charge in [-0.05, 0) is 10.9 Å². The largest absolute Gasteiger partial charge is 0.383 e. The predicted octanol–water partition coefficient (Wildman–Crippen LogP) is 1.78. The number of nitrogens with zero attached hydrogens (tertiary/aromatic N) is 2. The molecular weight excluding hydrogens is 226 g/mol. The summed E-state index contributed by atoms with van der Waals surface area (Å²) in [6, 6.07) is 8.23. The van der Waals surface area contributed by atoms with Crippen LogP contribution in [-0.2, 0) is 11.3 Å². The van der Waals surface area contributed by atoms with E-state index in [4.69, 9.17) is 10.5 Å². The Morgan fingerprint density at radius 2 is 2.00 bits per heavy atom. The second kappa shape index (κ2) is 5.80. The Kier molecular flexibility index (Phi) is 4.12. The van der Waals surface area contributed by atoms with E-state index < -0.39 is 0 Å². The van der Waals surface area contributed by atoms with Gasteiger partial charge in [-0.15, -0.1) is 0 Å². The van der Waals surface area contributed by atoms with E-state index in [-0.39, 0.29) is 0 Å². The molecule has 18 heavy (non-hydrogen) atoms. The first-order valence-corrected chi connectivity index (χ1v) is 6.04. The lowest BCUT2D eigenvalue weighted by atomic mass is 10.1. The molecule has 2 aromatic rings. The molecule has 0 saturated heterocycles. The van der Waals surface area contributed by atoms with Crippen LogP contribution >= 0.6 is 0 Å². The summed E-state index contributed by atoms with van der Waals surface area (Å²) in [7, 11) is 3.73. The van der Waals surface area contributed by atoms with Crippen molar-refractivity contribution in [3.63, 3.8) is 0 Å². The lowest BCUT2D eigenvalue weighted by Crippen LogP contribution is -2.23. The number of nitrogens with two attached hydrogens (primary N) is 1. The molecular formula is C14H19N3O. The maximum Gasteiger partial charge on any atom is 0.136 e. The van der Waals surface area contributed by atoms with E-state index in [1.54, 1.807) is 7.11 Å². The highest BCUT2D eigenvalue weighted by Crippen LogP contribution is 2.26. The smallest absolute Gasteiger partial charge is 0.136 e. The van der Waals surface area contributed by atoms with E-state index in [0.717, 1.165) is 23.3 Å². The van der Waals surface area contributed by atoms with Crippen molar-refractivity contribution in [2.45, 2.75) is 6.54 Å². The molecule has 0 amide bonds. The minimum atomic E-state index is 0.510. The third-order valence-electron chi connectivity index (χ3n) is 3.07. The molecule has 4 nitrogen and oxygen atoms in total. The number of benzene rings is 1. The predicted molar refractivity (Wildman–Crippen MR) is 74.8 cm³/mol. The monoisotopic (exact) mass is 245 g/mol. The van der Waals surface area contributed by atoms with E-state index in [9.17, 15) is 0 Å². The van der Waals surface area contributed by atoms with Gasteiger partial charge in [0.1, 0.15) is 5.82 Å². The van der Waals surface area contributed by atoms with Crippen LogP contribution in [0, 0.1) is 0 Å². The highest BCUT2D eigenvalue weighted by atomic mass is 16.5. The lowest BCUT2D eigenvalue weighted by molar-refractivity contribution is 0.206. The molecule has 0 spiro atoms. The summed E-state index contributed by atoms with van der Waals surface area (Å²) < 4.78 is 5.10. The highest BCUT2D eigenvalue weighted by molar-refractivity contribution is 5.94. The fourth-order valence-corrected chi connectivity index (χ4v) is 2.04. The summed E-state index contributed by atoms with van der Waals surface area (Å²) in [6.07, 6.45) is 1.86. The molecule has 0 aliphatic rings. The highest BCUT2D eigenvalue weighted by Gasteiger charge is 2.09. The van der Waals surface area contributed by atoms with Crippen LogP contribution < -0.4 is 10.6 Å². The van der Waals surface area contributed by atoms with Crippen molar-refractivity contribution in [1.29, 1.82) is 0 Å². The number of rotatable bonds is 5. The summed E-state index contributed by atoms with van der Waals surface area (Å²) in [5, 5.41) is 2.31. The van der Waals surface area contributed by atoms with Gasteiger partial charge in [0, 0.05) is 38.8 Å². The van der Waals surface area contributed by atoms with Gasteiger partial charge in [-0.1, -0.05) is 24.3 Å². The molecule has 1 aromatic heterocycles. The van der Waals surface area contributed by atoms with E-state index in [1.165, 1.54) is 5.39 Å². The Balaban J connectivity index is 2.45. The van der Waals surface area contributed by atoms with Crippen LogP contribution in [0.15, 0.2) is 30.5 Å².